The van der Waals surface area contributed by atoms with Gasteiger partial charge in [0.25, 0.3) is 5.91 Å². The number of aromatic carboxylic acids is 1. The number of hydrogen-bond acceptors (Lipinski definition) is 5. The molecule has 2 heterocycles. The van der Waals surface area contributed by atoms with Crippen LogP contribution >= 0.6 is 11.3 Å². The Morgan fingerprint density at radius 1 is 1.29 bits per heavy atom. The Morgan fingerprint density at radius 3 is 2.76 bits per heavy atom. The summed E-state index contributed by atoms with van der Waals surface area (Å²) in [7, 11) is 0. The standard InChI is InChI=1S/C13H11N3O4S/c17-11(7-15-12(18)9-2-1-5-21-9)16-10-6-8(13(19)20)3-4-14-10/h1-6H,7H2,(H,15,18)(H,19,20)(H,14,16,17). The summed E-state index contributed by atoms with van der Waals surface area (Å²) in [5.41, 5.74) is 0.0166. The summed E-state index contributed by atoms with van der Waals surface area (Å²) in [6.45, 7) is -0.226. The highest BCUT2D eigenvalue weighted by Crippen LogP contribution is 2.08. The second-order valence-electron chi connectivity index (χ2n) is 3.94. The van der Waals surface area contributed by atoms with Crippen LogP contribution in [0, 0.1) is 0 Å². The first-order chi connectivity index (χ1) is 10.1. The summed E-state index contributed by atoms with van der Waals surface area (Å²) in [5.74, 6) is -1.83. The van der Waals surface area contributed by atoms with E-state index in [1.54, 1.807) is 17.5 Å². The molecular weight excluding hydrogens is 294 g/mol. The number of nitrogens with zero attached hydrogens (tertiary/aromatic N) is 1. The minimum absolute atomic E-state index is 0.0166. The molecule has 0 radical (unpaired) electrons. The number of amides is 2. The lowest BCUT2D eigenvalue weighted by atomic mass is 10.2. The van der Waals surface area contributed by atoms with Crippen LogP contribution in [0.15, 0.2) is 35.8 Å². The summed E-state index contributed by atoms with van der Waals surface area (Å²) in [6.07, 6.45) is 1.28. The smallest absolute Gasteiger partial charge is 0.335 e. The van der Waals surface area contributed by atoms with Gasteiger partial charge in [0.15, 0.2) is 0 Å². The molecule has 2 rings (SSSR count). The zero-order valence-electron chi connectivity index (χ0n) is 10.7. The molecule has 0 saturated carbocycles. The third-order valence-electron chi connectivity index (χ3n) is 2.43. The fraction of sp³-hybridized carbons (Fsp3) is 0.0769. The van der Waals surface area contributed by atoms with Gasteiger partial charge < -0.3 is 15.7 Å². The van der Waals surface area contributed by atoms with Crippen molar-refractivity contribution in [3.8, 4) is 0 Å². The summed E-state index contributed by atoms with van der Waals surface area (Å²) < 4.78 is 0. The molecule has 0 bridgehead atoms. The van der Waals surface area contributed by atoms with E-state index in [2.05, 4.69) is 15.6 Å². The van der Waals surface area contributed by atoms with Crippen LogP contribution in [0.3, 0.4) is 0 Å². The molecule has 0 saturated heterocycles. The monoisotopic (exact) mass is 305 g/mol. The number of carboxylic acid groups (broad SMARTS) is 1. The highest BCUT2D eigenvalue weighted by atomic mass is 32.1. The molecule has 0 fully saturated rings. The van der Waals surface area contributed by atoms with Crippen molar-refractivity contribution in [2.24, 2.45) is 0 Å². The third kappa shape index (κ3) is 4.11. The summed E-state index contributed by atoms with van der Waals surface area (Å²) >= 11 is 1.27. The summed E-state index contributed by atoms with van der Waals surface area (Å²) in [6, 6.07) is 5.94. The van der Waals surface area contributed by atoms with Gasteiger partial charge in [0.2, 0.25) is 5.91 Å². The molecule has 2 amide bonds. The van der Waals surface area contributed by atoms with Crippen molar-refractivity contribution in [1.82, 2.24) is 10.3 Å². The van der Waals surface area contributed by atoms with Crippen LogP contribution in [0.1, 0.15) is 20.0 Å². The number of anilines is 1. The fourth-order valence-electron chi connectivity index (χ4n) is 1.47. The average molecular weight is 305 g/mol. The van der Waals surface area contributed by atoms with Gasteiger partial charge in [-0.25, -0.2) is 9.78 Å². The van der Waals surface area contributed by atoms with Crippen molar-refractivity contribution in [1.29, 1.82) is 0 Å². The molecule has 0 atom stereocenters. The zero-order chi connectivity index (χ0) is 15.2. The van der Waals surface area contributed by atoms with E-state index in [1.807, 2.05) is 0 Å². The Hall–Kier alpha value is -2.74. The van der Waals surface area contributed by atoms with Crippen LogP contribution in [0.25, 0.3) is 0 Å². The topological polar surface area (TPSA) is 108 Å². The number of nitrogens with one attached hydrogen (secondary N) is 2. The van der Waals surface area contributed by atoms with Gasteiger partial charge >= 0.3 is 5.97 Å². The van der Waals surface area contributed by atoms with Crippen LogP contribution in [-0.4, -0.2) is 34.4 Å². The normalized spacial score (nSPS) is 9.90. The van der Waals surface area contributed by atoms with E-state index in [4.69, 9.17) is 5.11 Å². The van der Waals surface area contributed by atoms with Crippen LogP contribution in [0.5, 0.6) is 0 Å². The van der Waals surface area contributed by atoms with Crippen LogP contribution < -0.4 is 10.6 Å². The molecular formula is C13H11N3O4S. The third-order valence-corrected chi connectivity index (χ3v) is 3.30. The number of carbonyl (C=O) groups excluding carboxylic acids is 2. The second-order valence-corrected chi connectivity index (χ2v) is 4.89. The van der Waals surface area contributed by atoms with Gasteiger partial charge in [0.1, 0.15) is 5.82 Å². The Labute approximate surface area is 123 Å². The van der Waals surface area contributed by atoms with Crippen molar-refractivity contribution in [2.45, 2.75) is 0 Å². The number of pyridine rings is 1. The van der Waals surface area contributed by atoms with Gasteiger partial charge in [-0.2, -0.15) is 0 Å². The van der Waals surface area contributed by atoms with E-state index < -0.39 is 11.9 Å². The van der Waals surface area contributed by atoms with Gasteiger partial charge in [-0.15, -0.1) is 11.3 Å². The molecule has 0 aliphatic carbocycles. The predicted molar refractivity (Wildman–Crippen MR) is 76.5 cm³/mol. The Bertz CT molecular complexity index is 670. The average Bonchev–Trinajstić information content (AvgIpc) is 2.99. The first-order valence-electron chi connectivity index (χ1n) is 5.87. The lowest BCUT2D eigenvalue weighted by Crippen LogP contribution is -2.32. The SMILES string of the molecule is O=C(CNC(=O)c1cccs1)Nc1cc(C(=O)O)ccn1. The molecule has 3 N–H and O–H groups in total. The lowest BCUT2D eigenvalue weighted by molar-refractivity contribution is -0.115. The van der Waals surface area contributed by atoms with Gasteiger partial charge in [-0.1, -0.05) is 6.07 Å². The van der Waals surface area contributed by atoms with Crippen molar-refractivity contribution in [3.63, 3.8) is 0 Å². The maximum atomic E-state index is 11.7. The van der Waals surface area contributed by atoms with Crippen LogP contribution in [-0.2, 0) is 4.79 Å². The second kappa shape index (κ2) is 6.62. The highest BCUT2D eigenvalue weighted by Gasteiger charge is 2.10. The van der Waals surface area contributed by atoms with Gasteiger partial charge in [-0.05, 0) is 23.6 Å². The first kappa shape index (κ1) is 14.7. The van der Waals surface area contributed by atoms with Gasteiger partial charge in [-0.3, -0.25) is 9.59 Å². The van der Waals surface area contributed by atoms with Gasteiger partial charge in [0, 0.05) is 6.20 Å². The molecule has 0 aromatic carbocycles. The quantitative estimate of drug-likeness (QED) is 0.769. The van der Waals surface area contributed by atoms with E-state index in [0.29, 0.717) is 4.88 Å². The molecule has 0 aliphatic rings. The number of aromatic nitrogens is 1. The molecule has 2 aromatic rings. The number of hydrogen-bond donors (Lipinski definition) is 3. The van der Waals surface area contributed by atoms with Crippen LogP contribution in [0.2, 0.25) is 0 Å². The number of rotatable bonds is 5. The maximum Gasteiger partial charge on any atom is 0.335 e. The summed E-state index contributed by atoms with van der Waals surface area (Å²) in [5, 5.41) is 15.5. The van der Waals surface area contributed by atoms with E-state index in [-0.39, 0.29) is 23.8 Å². The minimum atomic E-state index is -1.11. The number of thiophene rings is 1. The molecule has 0 aliphatic heterocycles. The molecule has 0 spiro atoms. The Balaban J connectivity index is 1.89. The van der Waals surface area contributed by atoms with Crippen molar-refractivity contribution >= 4 is 34.9 Å². The Morgan fingerprint density at radius 2 is 2.10 bits per heavy atom. The molecule has 8 heteroatoms. The largest absolute Gasteiger partial charge is 0.478 e. The summed E-state index contributed by atoms with van der Waals surface area (Å²) in [4.78, 5) is 38.4. The molecule has 2 aromatic heterocycles. The van der Waals surface area contributed by atoms with E-state index in [9.17, 15) is 14.4 Å². The van der Waals surface area contributed by atoms with Gasteiger partial charge in [0.05, 0.1) is 17.0 Å². The molecule has 108 valence electrons. The first-order valence-corrected chi connectivity index (χ1v) is 6.75. The maximum absolute atomic E-state index is 11.7. The molecule has 0 unspecified atom stereocenters. The zero-order valence-corrected chi connectivity index (χ0v) is 11.5. The molecule has 7 nitrogen and oxygen atoms in total. The van der Waals surface area contributed by atoms with Crippen molar-refractivity contribution in [3.05, 3.63) is 46.3 Å². The van der Waals surface area contributed by atoms with E-state index >= 15 is 0 Å². The van der Waals surface area contributed by atoms with E-state index in [0.717, 1.165) is 0 Å². The van der Waals surface area contributed by atoms with Crippen molar-refractivity contribution in [2.75, 3.05) is 11.9 Å². The minimum Gasteiger partial charge on any atom is -0.478 e. The predicted octanol–water partition coefficient (Wildman–Crippen LogP) is 1.21. The Kier molecular flexibility index (Phi) is 4.62. The number of carboxylic acids is 1. The molecule has 21 heavy (non-hydrogen) atoms. The fourth-order valence-corrected chi connectivity index (χ4v) is 2.11. The van der Waals surface area contributed by atoms with Crippen LogP contribution in [0.4, 0.5) is 5.82 Å². The lowest BCUT2D eigenvalue weighted by Gasteiger charge is -2.06. The van der Waals surface area contributed by atoms with Crippen molar-refractivity contribution < 1.29 is 19.5 Å². The number of carbonyl (C=O) groups is 3. The van der Waals surface area contributed by atoms with E-state index in [1.165, 1.54) is 29.7 Å². The highest BCUT2D eigenvalue weighted by molar-refractivity contribution is 7.12.